The lowest BCUT2D eigenvalue weighted by molar-refractivity contribution is -0.193. The molecule has 15 nitrogen and oxygen atoms in total. The molecule has 2 aliphatic rings. The van der Waals surface area contributed by atoms with Crippen LogP contribution < -0.4 is 26.5 Å². The first-order chi connectivity index (χ1) is 32.8. The number of carbonyl (C=O) groups excluding carboxylic acids is 2. The molecular weight excluding hydrogens is 954 g/mol. The molecule has 0 radical (unpaired) electrons. The molecule has 4 N–H and O–H groups in total. The molecule has 8 rings (SSSR count). The van der Waals surface area contributed by atoms with Crippen LogP contribution in [0, 0.1) is 0 Å². The van der Waals surface area contributed by atoms with E-state index in [9.17, 15) is 58.7 Å². The van der Waals surface area contributed by atoms with Gasteiger partial charge in [0, 0.05) is 83.1 Å². The summed E-state index contributed by atoms with van der Waals surface area (Å²) in [6.07, 6.45) is -15.3. The standard InChI is InChI=1S/C40H35N5O4.3C2HF3O2/c1-3-42(44-35-27-15-7-9-17-29(27)37(46)33(35)25-13-5-11-19-31(25)39(44)48)23-21-41-22-24-43(4-2)45-36-28-16-8-10-18-30(28)38(47)34(36)26-14-6-12-20-32(26)40(45)49;3*3-2(4,5)1(6)7/h5-20,41H,3-4,21-24H2,1-2H3;3*(H,6,7). The number of carbonyl (C=O) groups is 5. The molecule has 0 spiro atoms. The zero-order chi connectivity index (χ0) is 52.0. The molecule has 2 aliphatic carbocycles. The number of fused-ring (bicyclic) bond motifs is 10. The second-order valence-corrected chi connectivity index (χ2v) is 14.8. The second kappa shape index (κ2) is 21.1. The van der Waals surface area contributed by atoms with Crippen LogP contribution in [0.1, 0.15) is 45.7 Å². The maximum absolute atomic E-state index is 14.0. The van der Waals surface area contributed by atoms with Gasteiger partial charge in [-0.05, 0) is 26.0 Å². The number of nitrogens with one attached hydrogen (secondary N) is 1. The number of aromatic nitrogens is 2. The van der Waals surface area contributed by atoms with Gasteiger partial charge >= 0.3 is 36.4 Å². The normalized spacial score (nSPS) is 12.3. The number of halogens is 9. The Bertz CT molecular complexity index is 2900. The monoisotopic (exact) mass is 991 g/mol. The SMILES string of the molecule is CCN(CCNCCN(CC)n1c2c(c3ccccc3c1=O)C(=O)c1ccccc1-2)n1c2c(c3ccccc3c1=O)C(=O)c1ccccc1-2.O=C(O)C(F)(F)F.O=C(O)C(F)(F)F.O=C(O)C(F)(F)F. The van der Waals surface area contributed by atoms with E-state index in [2.05, 4.69) is 5.32 Å². The number of hydrogen-bond donors (Lipinski definition) is 4. The van der Waals surface area contributed by atoms with E-state index in [1.165, 1.54) is 0 Å². The minimum absolute atomic E-state index is 0.0656. The van der Waals surface area contributed by atoms with Gasteiger partial charge in [-0.2, -0.15) is 39.5 Å². The Balaban J connectivity index is 0.000000364. The van der Waals surface area contributed by atoms with Crippen LogP contribution in [-0.4, -0.2) is 112 Å². The Morgan fingerprint density at radius 2 is 0.729 bits per heavy atom. The van der Waals surface area contributed by atoms with Gasteiger partial charge in [0.1, 0.15) is 0 Å². The largest absolute Gasteiger partial charge is 0.490 e. The van der Waals surface area contributed by atoms with Crippen LogP contribution in [0.15, 0.2) is 107 Å². The zero-order valence-corrected chi connectivity index (χ0v) is 36.4. The van der Waals surface area contributed by atoms with Gasteiger partial charge in [0.15, 0.2) is 11.6 Å². The van der Waals surface area contributed by atoms with Crippen LogP contribution >= 0.6 is 0 Å². The number of carboxylic acid groups (broad SMARTS) is 3. The molecule has 0 saturated heterocycles. The number of rotatable bonds is 10. The summed E-state index contributed by atoms with van der Waals surface area (Å²) in [5.41, 5.74) is 4.85. The van der Waals surface area contributed by atoms with Crippen LogP contribution in [0.25, 0.3) is 44.1 Å². The minimum atomic E-state index is -5.08. The van der Waals surface area contributed by atoms with Crippen LogP contribution in [0.3, 0.4) is 0 Å². The van der Waals surface area contributed by atoms with Crippen molar-refractivity contribution in [2.75, 3.05) is 49.3 Å². The van der Waals surface area contributed by atoms with Crippen molar-refractivity contribution in [1.29, 1.82) is 0 Å². The highest BCUT2D eigenvalue weighted by Crippen LogP contribution is 2.40. The number of ketones is 2. The van der Waals surface area contributed by atoms with Crippen molar-refractivity contribution < 1.29 is 78.8 Å². The molecule has 4 aromatic carbocycles. The summed E-state index contributed by atoms with van der Waals surface area (Å²) in [4.78, 5) is 82.0. The van der Waals surface area contributed by atoms with Gasteiger partial charge < -0.3 is 30.7 Å². The van der Waals surface area contributed by atoms with E-state index in [4.69, 9.17) is 29.7 Å². The number of pyridine rings is 2. The summed E-state index contributed by atoms with van der Waals surface area (Å²) < 4.78 is 98.6. The molecule has 0 aliphatic heterocycles. The zero-order valence-electron chi connectivity index (χ0n) is 36.4. The van der Waals surface area contributed by atoms with Gasteiger partial charge in [-0.25, -0.2) is 23.7 Å². The number of nitrogens with zero attached hydrogens (tertiary/aromatic N) is 4. The fourth-order valence-corrected chi connectivity index (χ4v) is 7.56. The summed E-state index contributed by atoms with van der Waals surface area (Å²) in [5, 5.41) is 31.2. The van der Waals surface area contributed by atoms with Gasteiger partial charge in [-0.1, -0.05) is 84.9 Å². The van der Waals surface area contributed by atoms with Crippen LogP contribution in [0.4, 0.5) is 39.5 Å². The lowest BCUT2D eigenvalue weighted by Gasteiger charge is -2.30. The summed E-state index contributed by atoms with van der Waals surface area (Å²) in [7, 11) is 0. The molecule has 0 fully saturated rings. The Morgan fingerprint density at radius 1 is 0.471 bits per heavy atom. The fraction of sp³-hybridized carbons (Fsp3) is 0.239. The van der Waals surface area contributed by atoms with E-state index in [0.717, 1.165) is 11.1 Å². The van der Waals surface area contributed by atoms with Crippen LogP contribution in [0.2, 0.25) is 0 Å². The molecule has 0 unspecified atom stereocenters. The summed E-state index contributed by atoms with van der Waals surface area (Å²) in [5.74, 6) is -8.40. The fourth-order valence-electron chi connectivity index (χ4n) is 7.56. The minimum Gasteiger partial charge on any atom is -0.475 e. The Kier molecular flexibility index (Phi) is 16.0. The number of alkyl halides is 9. The molecule has 2 aromatic heterocycles. The third-order valence-corrected chi connectivity index (χ3v) is 10.6. The molecule has 0 amide bonds. The van der Waals surface area contributed by atoms with Crippen molar-refractivity contribution >= 4 is 51.0 Å². The number of carboxylic acids is 3. The molecule has 0 atom stereocenters. The third kappa shape index (κ3) is 11.0. The Morgan fingerprint density at radius 3 is 1.00 bits per heavy atom. The lowest BCUT2D eigenvalue weighted by atomic mass is 10.0. The number of aliphatic carboxylic acids is 3. The van der Waals surface area contributed by atoms with E-state index >= 15 is 0 Å². The average molecular weight is 992 g/mol. The highest BCUT2D eigenvalue weighted by Gasteiger charge is 2.40. The van der Waals surface area contributed by atoms with E-state index < -0.39 is 36.4 Å². The first-order valence-electron chi connectivity index (χ1n) is 20.5. The highest BCUT2D eigenvalue weighted by molar-refractivity contribution is 6.27. The average Bonchev–Trinajstić information content (AvgIpc) is 3.77. The summed E-state index contributed by atoms with van der Waals surface area (Å²) >= 11 is 0. The Hall–Kier alpha value is -8.02. The lowest BCUT2D eigenvalue weighted by Crippen LogP contribution is -2.49. The van der Waals surface area contributed by atoms with E-state index in [0.29, 0.717) is 94.5 Å². The number of benzene rings is 4. The van der Waals surface area contributed by atoms with E-state index in [-0.39, 0.29) is 22.7 Å². The van der Waals surface area contributed by atoms with E-state index in [1.807, 2.05) is 109 Å². The van der Waals surface area contributed by atoms with Crippen LogP contribution in [0.5, 0.6) is 0 Å². The molecule has 2 heterocycles. The van der Waals surface area contributed by atoms with Crippen molar-refractivity contribution in [2.24, 2.45) is 0 Å². The van der Waals surface area contributed by atoms with Crippen molar-refractivity contribution in [2.45, 2.75) is 32.4 Å². The van der Waals surface area contributed by atoms with Crippen molar-refractivity contribution in [3.05, 3.63) is 140 Å². The first kappa shape index (κ1) is 52.9. The van der Waals surface area contributed by atoms with Gasteiger partial charge in [-0.3, -0.25) is 19.2 Å². The molecule has 0 saturated carbocycles. The molecule has 70 heavy (non-hydrogen) atoms. The van der Waals surface area contributed by atoms with Gasteiger partial charge in [0.2, 0.25) is 0 Å². The summed E-state index contributed by atoms with van der Waals surface area (Å²) in [6, 6.07) is 29.6. The predicted octanol–water partition coefficient (Wildman–Crippen LogP) is 6.84. The molecule has 370 valence electrons. The molecule has 0 bridgehead atoms. The highest BCUT2D eigenvalue weighted by atomic mass is 19.4. The second-order valence-electron chi connectivity index (χ2n) is 14.8. The maximum Gasteiger partial charge on any atom is 0.490 e. The van der Waals surface area contributed by atoms with Gasteiger partial charge in [-0.15, -0.1) is 0 Å². The maximum atomic E-state index is 14.0. The van der Waals surface area contributed by atoms with Gasteiger partial charge in [0.25, 0.3) is 11.1 Å². The predicted molar refractivity (Wildman–Crippen MR) is 235 cm³/mol. The Labute approximate surface area is 388 Å². The quantitative estimate of drug-likeness (QED) is 0.0818. The topological polar surface area (TPSA) is 209 Å². The smallest absolute Gasteiger partial charge is 0.475 e. The van der Waals surface area contributed by atoms with Crippen LogP contribution in [-0.2, 0) is 14.4 Å². The van der Waals surface area contributed by atoms with Crippen molar-refractivity contribution in [1.82, 2.24) is 14.7 Å². The molecular formula is C46H38F9N5O10. The van der Waals surface area contributed by atoms with E-state index in [1.54, 1.807) is 21.5 Å². The first-order valence-corrected chi connectivity index (χ1v) is 20.5. The number of likely N-dealkylation sites (N-methyl/N-ethyl adjacent to an activating group) is 2. The van der Waals surface area contributed by atoms with Crippen molar-refractivity contribution in [3.8, 4) is 22.5 Å². The summed E-state index contributed by atoms with van der Waals surface area (Å²) in [6.45, 7) is 7.24. The van der Waals surface area contributed by atoms with Crippen molar-refractivity contribution in [3.63, 3.8) is 0 Å². The molecule has 24 heteroatoms. The van der Waals surface area contributed by atoms with Gasteiger partial charge in [0.05, 0.1) is 22.5 Å². The third-order valence-electron chi connectivity index (χ3n) is 10.6. The molecule has 6 aromatic rings. The number of hydrogen-bond acceptors (Lipinski definition) is 10.